The number of carbonyl (C=O) groups is 2. The van der Waals surface area contributed by atoms with E-state index in [1.54, 1.807) is 13.2 Å². The molecule has 2 N–H and O–H groups in total. The number of benzene rings is 1. The lowest BCUT2D eigenvalue weighted by molar-refractivity contribution is 0.102. The zero-order chi connectivity index (χ0) is 17.3. The van der Waals surface area contributed by atoms with Crippen LogP contribution in [0.2, 0.25) is 0 Å². The van der Waals surface area contributed by atoms with Gasteiger partial charge in [0.05, 0.1) is 17.4 Å². The van der Waals surface area contributed by atoms with Crippen molar-refractivity contribution in [1.29, 1.82) is 0 Å². The standard InChI is InChI=1S/C16H12F2N4O2/c1-22-8-10(7-20-22)21-16(24)13-5-9(6-19-13)15(23)14-11(17)3-2-4-12(14)18/h2-8,19H,1H3,(H,21,24). The van der Waals surface area contributed by atoms with Crippen molar-refractivity contribution < 1.29 is 18.4 Å². The number of anilines is 1. The number of nitrogens with one attached hydrogen (secondary N) is 2. The third-order valence-corrected chi connectivity index (χ3v) is 3.34. The van der Waals surface area contributed by atoms with Gasteiger partial charge in [0.1, 0.15) is 17.3 Å². The highest BCUT2D eigenvalue weighted by Crippen LogP contribution is 2.18. The van der Waals surface area contributed by atoms with Crippen LogP contribution in [0.25, 0.3) is 0 Å². The number of ketones is 1. The molecule has 2 aromatic heterocycles. The van der Waals surface area contributed by atoms with Gasteiger partial charge in [0.25, 0.3) is 5.91 Å². The Morgan fingerprint density at radius 1 is 1.25 bits per heavy atom. The fraction of sp³-hybridized carbons (Fsp3) is 0.0625. The van der Waals surface area contributed by atoms with Crippen LogP contribution in [0.3, 0.4) is 0 Å². The molecular formula is C16H12F2N4O2. The van der Waals surface area contributed by atoms with Gasteiger partial charge in [0.2, 0.25) is 0 Å². The minimum atomic E-state index is -0.956. The van der Waals surface area contributed by atoms with Crippen LogP contribution in [0, 0.1) is 11.6 Å². The maximum absolute atomic E-state index is 13.7. The van der Waals surface area contributed by atoms with Gasteiger partial charge in [-0.15, -0.1) is 0 Å². The second kappa shape index (κ2) is 6.07. The number of hydrogen-bond acceptors (Lipinski definition) is 3. The molecule has 0 fully saturated rings. The summed E-state index contributed by atoms with van der Waals surface area (Å²) in [6.07, 6.45) is 4.29. The van der Waals surface area contributed by atoms with Gasteiger partial charge in [0, 0.05) is 25.0 Å². The monoisotopic (exact) mass is 330 g/mol. The van der Waals surface area contributed by atoms with E-state index < -0.39 is 28.9 Å². The Bertz CT molecular complexity index is 910. The Labute approximate surface area is 135 Å². The molecule has 2 heterocycles. The molecule has 0 saturated carbocycles. The fourth-order valence-electron chi connectivity index (χ4n) is 2.20. The van der Waals surface area contributed by atoms with Gasteiger partial charge < -0.3 is 10.3 Å². The number of hydrogen-bond donors (Lipinski definition) is 2. The van der Waals surface area contributed by atoms with Crippen LogP contribution in [-0.2, 0) is 7.05 Å². The van der Waals surface area contributed by atoms with Gasteiger partial charge in [-0.3, -0.25) is 14.3 Å². The van der Waals surface area contributed by atoms with Crippen LogP contribution < -0.4 is 5.32 Å². The van der Waals surface area contributed by atoms with Crippen molar-refractivity contribution in [3.8, 4) is 0 Å². The SMILES string of the molecule is Cn1cc(NC(=O)c2cc(C(=O)c3c(F)cccc3F)c[nH]2)cn1. The van der Waals surface area contributed by atoms with Crippen LogP contribution in [0.5, 0.6) is 0 Å². The van der Waals surface area contributed by atoms with Crippen molar-refractivity contribution in [3.05, 3.63) is 71.3 Å². The lowest BCUT2D eigenvalue weighted by Crippen LogP contribution is -2.12. The van der Waals surface area contributed by atoms with Crippen LogP contribution in [0.15, 0.2) is 42.9 Å². The molecule has 0 saturated heterocycles. The highest BCUT2D eigenvalue weighted by Gasteiger charge is 2.21. The number of nitrogens with zero attached hydrogens (tertiary/aromatic N) is 2. The summed E-state index contributed by atoms with van der Waals surface area (Å²) in [5.41, 5.74) is -0.116. The van der Waals surface area contributed by atoms with E-state index in [1.165, 1.54) is 29.2 Å². The zero-order valence-corrected chi connectivity index (χ0v) is 12.5. The molecule has 1 aromatic carbocycles. The van der Waals surface area contributed by atoms with Crippen molar-refractivity contribution in [2.75, 3.05) is 5.32 Å². The number of carbonyl (C=O) groups excluding carboxylic acids is 2. The lowest BCUT2D eigenvalue weighted by Gasteiger charge is -2.02. The highest BCUT2D eigenvalue weighted by molar-refractivity contribution is 6.11. The number of rotatable bonds is 4. The molecule has 1 amide bonds. The first kappa shape index (κ1) is 15.6. The molecule has 122 valence electrons. The predicted molar refractivity (Wildman–Crippen MR) is 81.7 cm³/mol. The number of amides is 1. The molecule has 0 aliphatic carbocycles. The van der Waals surface area contributed by atoms with Gasteiger partial charge in [0.15, 0.2) is 5.78 Å². The second-order valence-corrected chi connectivity index (χ2v) is 5.08. The Morgan fingerprint density at radius 3 is 2.58 bits per heavy atom. The average Bonchev–Trinajstić information content (AvgIpc) is 3.16. The molecule has 0 spiro atoms. The van der Waals surface area contributed by atoms with E-state index in [9.17, 15) is 18.4 Å². The quantitative estimate of drug-likeness (QED) is 0.721. The topological polar surface area (TPSA) is 79.8 Å². The first-order chi connectivity index (χ1) is 11.5. The molecule has 3 rings (SSSR count). The van der Waals surface area contributed by atoms with E-state index >= 15 is 0 Å². The van der Waals surface area contributed by atoms with Crippen molar-refractivity contribution in [1.82, 2.24) is 14.8 Å². The molecule has 8 heteroatoms. The minimum Gasteiger partial charge on any atom is -0.356 e. The summed E-state index contributed by atoms with van der Waals surface area (Å²) in [6.45, 7) is 0. The summed E-state index contributed by atoms with van der Waals surface area (Å²) < 4.78 is 28.9. The Morgan fingerprint density at radius 2 is 1.96 bits per heavy atom. The third kappa shape index (κ3) is 2.94. The van der Waals surface area contributed by atoms with Crippen LogP contribution in [0.4, 0.5) is 14.5 Å². The smallest absolute Gasteiger partial charge is 0.272 e. The first-order valence-corrected chi connectivity index (χ1v) is 6.93. The van der Waals surface area contributed by atoms with Crippen molar-refractivity contribution in [2.45, 2.75) is 0 Å². The normalized spacial score (nSPS) is 10.6. The summed E-state index contributed by atoms with van der Waals surface area (Å²) >= 11 is 0. The number of aromatic amines is 1. The average molecular weight is 330 g/mol. The number of H-pyrrole nitrogens is 1. The molecule has 0 bridgehead atoms. The lowest BCUT2D eigenvalue weighted by atomic mass is 10.0. The van der Waals surface area contributed by atoms with E-state index in [0.717, 1.165) is 12.1 Å². The Balaban J connectivity index is 1.82. The van der Waals surface area contributed by atoms with Gasteiger partial charge in [-0.1, -0.05) is 6.07 Å². The molecule has 0 atom stereocenters. The maximum atomic E-state index is 13.7. The van der Waals surface area contributed by atoms with E-state index in [0.29, 0.717) is 5.69 Å². The minimum absolute atomic E-state index is 0.0182. The van der Waals surface area contributed by atoms with Gasteiger partial charge in [-0.25, -0.2) is 8.78 Å². The molecule has 0 aliphatic rings. The van der Waals surface area contributed by atoms with E-state index in [1.807, 2.05) is 0 Å². The predicted octanol–water partition coefficient (Wildman–Crippen LogP) is 2.51. The second-order valence-electron chi connectivity index (χ2n) is 5.08. The first-order valence-electron chi connectivity index (χ1n) is 6.93. The summed E-state index contributed by atoms with van der Waals surface area (Å²) in [6, 6.07) is 4.41. The number of halogens is 2. The Kier molecular flexibility index (Phi) is 3.95. The largest absolute Gasteiger partial charge is 0.356 e. The van der Waals surface area contributed by atoms with Crippen molar-refractivity contribution in [2.24, 2.45) is 7.05 Å². The molecule has 0 aliphatic heterocycles. The summed E-state index contributed by atoms with van der Waals surface area (Å²) in [7, 11) is 1.70. The van der Waals surface area contributed by atoms with Crippen molar-refractivity contribution in [3.63, 3.8) is 0 Å². The third-order valence-electron chi connectivity index (χ3n) is 3.34. The number of aryl methyl sites for hydroxylation is 1. The molecule has 3 aromatic rings. The van der Waals surface area contributed by atoms with E-state index in [2.05, 4.69) is 15.4 Å². The Hall–Kier alpha value is -3.29. The van der Waals surface area contributed by atoms with Crippen LogP contribution in [0.1, 0.15) is 26.4 Å². The molecule has 24 heavy (non-hydrogen) atoms. The van der Waals surface area contributed by atoms with Gasteiger partial charge in [-0.05, 0) is 18.2 Å². The zero-order valence-electron chi connectivity index (χ0n) is 12.5. The summed E-state index contributed by atoms with van der Waals surface area (Å²) in [5, 5.41) is 6.49. The molecule has 6 nitrogen and oxygen atoms in total. The maximum Gasteiger partial charge on any atom is 0.272 e. The summed E-state index contributed by atoms with van der Waals surface area (Å²) in [5.74, 6) is -3.26. The summed E-state index contributed by atoms with van der Waals surface area (Å²) in [4.78, 5) is 26.9. The molecular weight excluding hydrogens is 318 g/mol. The molecule has 0 radical (unpaired) electrons. The highest BCUT2D eigenvalue weighted by atomic mass is 19.1. The van der Waals surface area contributed by atoms with E-state index in [4.69, 9.17) is 0 Å². The molecule has 0 unspecified atom stereocenters. The van der Waals surface area contributed by atoms with Crippen molar-refractivity contribution >= 4 is 17.4 Å². The van der Waals surface area contributed by atoms with E-state index in [-0.39, 0.29) is 11.3 Å². The number of aromatic nitrogens is 3. The fourth-order valence-corrected chi connectivity index (χ4v) is 2.20. The van der Waals surface area contributed by atoms with Crippen LogP contribution >= 0.6 is 0 Å². The van der Waals surface area contributed by atoms with Gasteiger partial charge in [-0.2, -0.15) is 5.10 Å². The van der Waals surface area contributed by atoms with Gasteiger partial charge >= 0.3 is 0 Å². The van der Waals surface area contributed by atoms with Crippen LogP contribution in [-0.4, -0.2) is 26.5 Å².